The van der Waals surface area contributed by atoms with Crippen molar-refractivity contribution in [1.82, 2.24) is 14.5 Å². The molecule has 2 heterocycles. The Hall–Kier alpha value is -2.01. The molecule has 0 bridgehead atoms. The molecule has 0 aliphatic carbocycles. The van der Waals surface area contributed by atoms with Gasteiger partial charge in [0.2, 0.25) is 0 Å². The van der Waals surface area contributed by atoms with Crippen LogP contribution in [0.25, 0.3) is 0 Å². The van der Waals surface area contributed by atoms with Gasteiger partial charge in [0.25, 0.3) is 0 Å². The second-order valence-corrected chi connectivity index (χ2v) is 5.70. The number of nitrogens with one attached hydrogen (secondary N) is 1. The third-order valence-corrected chi connectivity index (χ3v) is 4.09. The van der Waals surface area contributed by atoms with E-state index in [1.807, 2.05) is 31.6 Å². The summed E-state index contributed by atoms with van der Waals surface area (Å²) in [4.78, 5) is 6.83. The number of imidazole rings is 1. The molecule has 0 spiro atoms. The fourth-order valence-corrected chi connectivity index (χ4v) is 2.82. The van der Waals surface area contributed by atoms with Gasteiger partial charge in [0.05, 0.1) is 6.54 Å². The summed E-state index contributed by atoms with van der Waals surface area (Å²) in [5.41, 5.74) is 0.998. The molecule has 1 aromatic heterocycles. The molecule has 0 radical (unpaired) electrons. The number of likely N-dealkylation sites (tertiary alicyclic amines) is 1. The highest BCUT2D eigenvalue weighted by molar-refractivity contribution is 5.48. The van der Waals surface area contributed by atoms with Crippen molar-refractivity contribution in [2.75, 3.05) is 18.4 Å². The molecule has 1 aliphatic rings. The van der Waals surface area contributed by atoms with Gasteiger partial charge in [-0.25, -0.2) is 4.98 Å². The van der Waals surface area contributed by atoms with E-state index in [4.69, 9.17) is 0 Å². The predicted molar refractivity (Wildman–Crippen MR) is 83.2 cm³/mol. The first-order valence-corrected chi connectivity index (χ1v) is 7.45. The van der Waals surface area contributed by atoms with E-state index in [2.05, 4.69) is 19.8 Å². The van der Waals surface area contributed by atoms with Crippen molar-refractivity contribution in [1.29, 1.82) is 0 Å². The topological polar surface area (TPSA) is 53.3 Å². The van der Waals surface area contributed by atoms with E-state index in [1.165, 1.54) is 0 Å². The second-order valence-electron chi connectivity index (χ2n) is 5.70. The van der Waals surface area contributed by atoms with Crippen LogP contribution in [-0.4, -0.2) is 38.7 Å². The molecule has 0 unspecified atom stereocenters. The number of hydrogen-bond acceptors (Lipinski definition) is 4. The number of aromatic hydroxyl groups is 1. The third-order valence-electron chi connectivity index (χ3n) is 4.09. The van der Waals surface area contributed by atoms with Gasteiger partial charge in [-0.2, -0.15) is 0 Å². The average molecular weight is 286 g/mol. The maximum Gasteiger partial charge on any atom is 0.122 e. The number of nitrogens with zero attached hydrogens (tertiary/aromatic N) is 3. The number of rotatable bonds is 4. The zero-order valence-corrected chi connectivity index (χ0v) is 12.4. The second kappa shape index (κ2) is 6.18. The Balaban J connectivity index is 1.50. The lowest BCUT2D eigenvalue weighted by atomic mass is 10.0. The first-order valence-electron chi connectivity index (χ1n) is 7.45. The molecular weight excluding hydrogens is 264 g/mol. The molecule has 3 rings (SSSR count). The van der Waals surface area contributed by atoms with Crippen LogP contribution in [0, 0.1) is 0 Å². The standard InChI is InChI=1S/C16H22N4O/c1-19-10-7-17-16(19)12-20-8-5-13(6-9-20)18-14-3-2-4-15(21)11-14/h2-4,7,10-11,13,18,21H,5-6,8-9,12H2,1H3. The van der Waals surface area contributed by atoms with Crippen molar-refractivity contribution in [3.63, 3.8) is 0 Å². The number of aromatic nitrogens is 2. The van der Waals surface area contributed by atoms with E-state index < -0.39 is 0 Å². The summed E-state index contributed by atoms with van der Waals surface area (Å²) in [6.07, 6.45) is 6.07. The van der Waals surface area contributed by atoms with Crippen molar-refractivity contribution in [3.05, 3.63) is 42.5 Å². The van der Waals surface area contributed by atoms with Gasteiger partial charge in [0, 0.05) is 50.3 Å². The largest absolute Gasteiger partial charge is 0.508 e. The van der Waals surface area contributed by atoms with Gasteiger partial charge in [-0.3, -0.25) is 4.90 Å². The van der Waals surface area contributed by atoms with Crippen LogP contribution < -0.4 is 5.32 Å². The monoisotopic (exact) mass is 286 g/mol. The summed E-state index contributed by atoms with van der Waals surface area (Å²) in [7, 11) is 2.04. The van der Waals surface area contributed by atoms with Crippen LogP contribution in [-0.2, 0) is 13.6 Å². The normalized spacial score (nSPS) is 17.0. The molecule has 1 saturated heterocycles. The van der Waals surface area contributed by atoms with Crippen LogP contribution in [0.1, 0.15) is 18.7 Å². The molecule has 1 fully saturated rings. The van der Waals surface area contributed by atoms with Gasteiger partial charge < -0.3 is 15.0 Å². The lowest BCUT2D eigenvalue weighted by Crippen LogP contribution is -2.39. The Morgan fingerprint density at radius 2 is 2.14 bits per heavy atom. The fraction of sp³-hybridized carbons (Fsp3) is 0.438. The van der Waals surface area contributed by atoms with Crippen molar-refractivity contribution >= 4 is 5.69 Å². The smallest absolute Gasteiger partial charge is 0.122 e. The molecule has 21 heavy (non-hydrogen) atoms. The van der Waals surface area contributed by atoms with Crippen molar-refractivity contribution in [2.45, 2.75) is 25.4 Å². The minimum atomic E-state index is 0.312. The van der Waals surface area contributed by atoms with Crippen LogP contribution in [0.3, 0.4) is 0 Å². The Morgan fingerprint density at radius 3 is 2.81 bits per heavy atom. The molecule has 5 heteroatoms. The Kier molecular flexibility index (Phi) is 4.10. The van der Waals surface area contributed by atoms with E-state index >= 15 is 0 Å². The lowest BCUT2D eigenvalue weighted by Gasteiger charge is -2.32. The summed E-state index contributed by atoms with van der Waals surface area (Å²) in [6, 6.07) is 7.82. The first-order chi connectivity index (χ1) is 10.2. The highest BCUT2D eigenvalue weighted by Gasteiger charge is 2.20. The third kappa shape index (κ3) is 3.55. The molecule has 0 saturated carbocycles. The summed E-state index contributed by atoms with van der Waals surface area (Å²) in [6.45, 7) is 3.06. The summed E-state index contributed by atoms with van der Waals surface area (Å²) < 4.78 is 2.08. The zero-order chi connectivity index (χ0) is 14.7. The molecule has 2 aromatic rings. The lowest BCUT2D eigenvalue weighted by molar-refractivity contribution is 0.205. The summed E-state index contributed by atoms with van der Waals surface area (Å²) in [5, 5.41) is 13.0. The number of piperidine rings is 1. The van der Waals surface area contributed by atoms with Gasteiger partial charge in [-0.15, -0.1) is 0 Å². The van der Waals surface area contributed by atoms with Crippen LogP contribution >= 0.6 is 0 Å². The van der Waals surface area contributed by atoms with E-state index in [9.17, 15) is 5.11 Å². The van der Waals surface area contributed by atoms with Crippen LogP contribution in [0.2, 0.25) is 0 Å². The van der Waals surface area contributed by atoms with Crippen molar-refractivity contribution < 1.29 is 5.11 Å². The Morgan fingerprint density at radius 1 is 1.33 bits per heavy atom. The maximum atomic E-state index is 9.50. The maximum absolute atomic E-state index is 9.50. The van der Waals surface area contributed by atoms with Gasteiger partial charge in [0.1, 0.15) is 11.6 Å². The number of phenols is 1. The zero-order valence-electron chi connectivity index (χ0n) is 12.4. The molecule has 112 valence electrons. The number of aryl methyl sites for hydroxylation is 1. The number of phenolic OH excluding ortho intramolecular Hbond substituents is 1. The van der Waals surface area contributed by atoms with Gasteiger partial charge in [0.15, 0.2) is 0 Å². The minimum absolute atomic E-state index is 0.312. The summed E-state index contributed by atoms with van der Waals surface area (Å²) in [5.74, 6) is 1.43. The summed E-state index contributed by atoms with van der Waals surface area (Å²) >= 11 is 0. The molecule has 0 atom stereocenters. The van der Waals surface area contributed by atoms with Crippen LogP contribution in [0.4, 0.5) is 5.69 Å². The van der Waals surface area contributed by atoms with Gasteiger partial charge >= 0.3 is 0 Å². The number of hydrogen-bond donors (Lipinski definition) is 2. The first kappa shape index (κ1) is 13.9. The predicted octanol–water partition coefficient (Wildman–Crippen LogP) is 2.20. The van der Waals surface area contributed by atoms with E-state index in [0.717, 1.165) is 44.0 Å². The van der Waals surface area contributed by atoms with E-state index in [0.29, 0.717) is 11.8 Å². The van der Waals surface area contributed by atoms with Crippen LogP contribution in [0.15, 0.2) is 36.7 Å². The highest BCUT2D eigenvalue weighted by Crippen LogP contribution is 2.20. The molecule has 5 nitrogen and oxygen atoms in total. The minimum Gasteiger partial charge on any atom is -0.508 e. The van der Waals surface area contributed by atoms with Gasteiger partial charge in [-0.05, 0) is 25.0 Å². The molecular formula is C16H22N4O. The molecule has 1 aliphatic heterocycles. The quantitative estimate of drug-likeness (QED) is 0.905. The average Bonchev–Trinajstić information content (AvgIpc) is 2.87. The molecule has 1 aromatic carbocycles. The number of benzene rings is 1. The van der Waals surface area contributed by atoms with E-state index in [-0.39, 0.29) is 0 Å². The SMILES string of the molecule is Cn1ccnc1CN1CCC(Nc2cccc(O)c2)CC1. The fourth-order valence-electron chi connectivity index (χ4n) is 2.82. The van der Waals surface area contributed by atoms with Crippen LogP contribution in [0.5, 0.6) is 5.75 Å². The number of anilines is 1. The van der Waals surface area contributed by atoms with E-state index in [1.54, 1.807) is 12.1 Å². The molecule has 2 N–H and O–H groups in total. The Labute approximate surface area is 125 Å². The van der Waals surface area contributed by atoms with Crippen molar-refractivity contribution in [2.24, 2.45) is 7.05 Å². The van der Waals surface area contributed by atoms with Crippen molar-refractivity contribution in [3.8, 4) is 5.75 Å². The van der Waals surface area contributed by atoms with Gasteiger partial charge in [-0.1, -0.05) is 6.07 Å². The highest BCUT2D eigenvalue weighted by atomic mass is 16.3. The Bertz CT molecular complexity index is 587. The molecule has 0 amide bonds.